The van der Waals surface area contributed by atoms with Crippen molar-refractivity contribution in [2.45, 2.75) is 18.9 Å². The second kappa shape index (κ2) is 5.32. The first kappa shape index (κ1) is 11.4. The lowest BCUT2D eigenvalue weighted by atomic mass is 9.89. The van der Waals surface area contributed by atoms with Crippen molar-refractivity contribution >= 4 is 0 Å². The molecule has 0 aliphatic carbocycles. The molecule has 0 saturated carbocycles. The number of benzene rings is 1. The lowest BCUT2D eigenvalue weighted by Gasteiger charge is -2.31. The number of aromatic hydroxyl groups is 1. The summed E-state index contributed by atoms with van der Waals surface area (Å²) in [5, 5.41) is 12.6. The summed E-state index contributed by atoms with van der Waals surface area (Å²) in [6.45, 7) is 1.68. The van der Waals surface area contributed by atoms with Crippen LogP contribution in [-0.2, 0) is 11.2 Å². The molecule has 1 fully saturated rings. The predicted molar refractivity (Wildman–Crippen MR) is 63.6 cm³/mol. The topological polar surface area (TPSA) is 41.5 Å². The monoisotopic (exact) mass is 221 g/mol. The third kappa shape index (κ3) is 2.74. The van der Waals surface area contributed by atoms with Crippen LogP contribution in [0, 0.1) is 5.92 Å². The normalized spacial score (nSPS) is 25.6. The van der Waals surface area contributed by atoms with Gasteiger partial charge in [-0.3, -0.25) is 0 Å². The number of hydrogen-bond donors (Lipinski definition) is 2. The molecule has 0 amide bonds. The molecule has 1 aliphatic heterocycles. The third-order valence-electron chi connectivity index (χ3n) is 3.28. The second-order valence-electron chi connectivity index (χ2n) is 4.39. The maximum absolute atomic E-state index is 9.22. The van der Waals surface area contributed by atoms with Gasteiger partial charge in [-0.2, -0.15) is 0 Å². The molecule has 0 bridgehead atoms. The number of phenolic OH excluding ortho intramolecular Hbond substituents is 1. The molecule has 1 aliphatic rings. The molecule has 3 heteroatoms. The summed E-state index contributed by atoms with van der Waals surface area (Å²) < 4.78 is 5.52. The minimum absolute atomic E-state index is 0.328. The van der Waals surface area contributed by atoms with Crippen LogP contribution in [0.2, 0.25) is 0 Å². The molecule has 16 heavy (non-hydrogen) atoms. The van der Waals surface area contributed by atoms with Crippen LogP contribution in [0.15, 0.2) is 24.3 Å². The highest BCUT2D eigenvalue weighted by Gasteiger charge is 2.24. The van der Waals surface area contributed by atoms with Gasteiger partial charge in [0.05, 0.1) is 6.61 Å². The van der Waals surface area contributed by atoms with E-state index in [0.29, 0.717) is 17.7 Å². The van der Waals surface area contributed by atoms with E-state index in [-0.39, 0.29) is 0 Å². The fourth-order valence-electron chi connectivity index (χ4n) is 2.31. The lowest BCUT2D eigenvalue weighted by molar-refractivity contribution is 0.0342. The Hall–Kier alpha value is -1.06. The average molecular weight is 221 g/mol. The summed E-state index contributed by atoms with van der Waals surface area (Å²) in [5.41, 5.74) is 1.26. The Bertz CT molecular complexity index is 323. The third-order valence-corrected chi connectivity index (χ3v) is 3.28. The van der Waals surface area contributed by atoms with E-state index < -0.39 is 0 Å². The second-order valence-corrected chi connectivity index (χ2v) is 4.39. The number of phenols is 1. The van der Waals surface area contributed by atoms with Gasteiger partial charge in [-0.05, 0) is 37.6 Å². The Morgan fingerprint density at radius 2 is 2.12 bits per heavy atom. The number of ether oxygens (including phenoxy) is 1. The van der Waals surface area contributed by atoms with Gasteiger partial charge >= 0.3 is 0 Å². The van der Waals surface area contributed by atoms with E-state index in [2.05, 4.69) is 5.32 Å². The molecule has 2 atom stereocenters. The van der Waals surface area contributed by atoms with Gasteiger partial charge in [0.25, 0.3) is 0 Å². The van der Waals surface area contributed by atoms with E-state index in [1.165, 1.54) is 5.56 Å². The zero-order valence-corrected chi connectivity index (χ0v) is 9.65. The van der Waals surface area contributed by atoms with Crippen LogP contribution in [0.1, 0.15) is 12.0 Å². The largest absolute Gasteiger partial charge is 0.508 e. The maximum Gasteiger partial charge on any atom is 0.115 e. The first-order valence-electron chi connectivity index (χ1n) is 5.82. The lowest BCUT2D eigenvalue weighted by Crippen LogP contribution is -2.41. The van der Waals surface area contributed by atoms with Crippen molar-refractivity contribution < 1.29 is 9.84 Å². The quantitative estimate of drug-likeness (QED) is 0.814. The Kier molecular flexibility index (Phi) is 3.80. The van der Waals surface area contributed by atoms with Crippen LogP contribution < -0.4 is 5.32 Å². The summed E-state index contributed by atoms with van der Waals surface area (Å²) in [6.07, 6.45) is 2.09. The number of hydrogen-bond acceptors (Lipinski definition) is 3. The summed E-state index contributed by atoms with van der Waals surface area (Å²) in [7, 11) is 2.01. The van der Waals surface area contributed by atoms with E-state index in [1.54, 1.807) is 12.1 Å². The van der Waals surface area contributed by atoms with Gasteiger partial charge in [0.15, 0.2) is 0 Å². The van der Waals surface area contributed by atoms with E-state index >= 15 is 0 Å². The summed E-state index contributed by atoms with van der Waals surface area (Å²) in [6, 6.07) is 8.00. The minimum Gasteiger partial charge on any atom is -0.508 e. The highest BCUT2D eigenvalue weighted by atomic mass is 16.5. The summed E-state index contributed by atoms with van der Waals surface area (Å²) in [4.78, 5) is 0. The smallest absolute Gasteiger partial charge is 0.115 e. The van der Waals surface area contributed by atoms with Crippen LogP contribution in [-0.4, -0.2) is 31.4 Å². The Morgan fingerprint density at radius 1 is 1.38 bits per heavy atom. The molecule has 0 aromatic heterocycles. The van der Waals surface area contributed by atoms with Crippen molar-refractivity contribution in [1.82, 2.24) is 5.32 Å². The maximum atomic E-state index is 9.22. The van der Waals surface area contributed by atoms with Crippen LogP contribution in [0.3, 0.4) is 0 Å². The Balaban J connectivity index is 1.99. The molecule has 2 unspecified atom stereocenters. The van der Waals surface area contributed by atoms with Crippen LogP contribution in [0.5, 0.6) is 5.75 Å². The molecule has 0 spiro atoms. The average Bonchev–Trinajstić information content (AvgIpc) is 2.33. The van der Waals surface area contributed by atoms with Crippen molar-refractivity contribution in [3.63, 3.8) is 0 Å². The molecule has 1 aromatic rings. The van der Waals surface area contributed by atoms with Crippen molar-refractivity contribution in [2.24, 2.45) is 5.92 Å². The number of rotatable bonds is 3. The zero-order chi connectivity index (χ0) is 11.4. The minimum atomic E-state index is 0.328. The highest BCUT2D eigenvalue weighted by Crippen LogP contribution is 2.20. The van der Waals surface area contributed by atoms with Crippen molar-refractivity contribution in [2.75, 3.05) is 20.3 Å². The SMILES string of the molecule is CNC1CCOCC1Cc1ccc(O)cc1. The van der Waals surface area contributed by atoms with Gasteiger partial charge in [0, 0.05) is 18.6 Å². The molecule has 1 saturated heterocycles. The van der Waals surface area contributed by atoms with E-state index in [4.69, 9.17) is 4.74 Å². The van der Waals surface area contributed by atoms with Crippen LogP contribution in [0.4, 0.5) is 0 Å². The van der Waals surface area contributed by atoms with Crippen LogP contribution >= 0.6 is 0 Å². The first-order chi connectivity index (χ1) is 7.79. The fourth-order valence-corrected chi connectivity index (χ4v) is 2.31. The zero-order valence-electron chi connectivity index (χ0n) is 9.65. The molecule has 1 aromatic carbocycles. The molecule has 1 heterocycles. The summed E-state index contributed by atoms with van der Waals surface area (Å²) in [5.74, 6) is 0.858. The number of nitrogens with one attached hydrogen (secondary N) is 1. The predicted octanol–water partition coefficient (Wildman–Crippen LogP) is 1.56. The van der Waals surface area contributed by atoms with Crippen LogP contribution in [0.25, 0.3) is 0 Å². The fraction of sp³-hybridized carbons (Fsp3) is 0.538. The van der Waals surface area contributed by atoms with E-state index in [9.17, 15) is 5.11 Å². The molecule has 2 rings (SSSR count). The first-order valence-corrected chi connectivity index (χ1v) is 5.82. The Labute approximate surface area is 96.4 Å². The van der Waals surface area contributed by atoms with Crippen molar-refractivity contribution in [3.05, 3.63) is 29.8 Å². The summed E-state index contributed by atoms with van der Waals surface area (Å²) >= 11 is 0. The highest BCUT2D eigenvalue weighted by molar-refractivity contribution is 5.26. The van der Waals surface area contributed by atoms with Gasteiger partial charge in [-0.25, -0.2) is 0 Å². The molecule has 88 valence electrons. The van der Waals surface area contributed by atoms with Gasteiger partial charge in [0.2, 0.25) is 0 Å². The van der Waals surface area contributed by atoms with Gasteiger partial charge in [0.1, 0.15) is 5.75 Å². The van der Waals surface area contributed by atoms with Crippen molar-refractivity contribution in [1.29, 1.82) is 0 Å². The standard InChI is InChI=1S/C13H19NO2/c1-14-13-6-7-16-9-11(13)8-10-2-4-12(15)5-3-10/h2-5,11,13-15H,6-9H2,1H3. The Morgan fingerprint density at radius 3 is 2.81 bits per heavy atom. The molecular formula is C13H19NO2. The van der Waals surface area contributed by atoms with E-state index in [0.717, 1.165) is 26.1 Å². The molecular weight excluding hydrogens is 202 g/mol. The van der Waals surface area contributed by atoms with Gasteiger partial charge < -0.3 is 15.2 Å². The van der Waals surface area contributed by atoms with Gasteiger partial charge in [-0.15, -0.1) is 0 Å². The van der Waals surface area contributed by atoms with Crippen molar-refractivity contribution in [3.8, 4) is 5.75 Å². The molecule has 2 N–H and O–H groups in total. The molecule has 3 nitrogen and oxygen atoms in total. The molecule has 0 radical (unpaired) electrons. The van der Waals surface area contributed by atoms with Gasteiger partial charge in [-0.1, -0.05) is 12.1 Å². The van der Waals surface area contributed by atoms with E-state index in [1.807, 2.05) is 19.2 Å².